The Bertz CT molecular complexity index is 447. The first-order valence-corrected chi connectivity index (χ1v) is 6.46. The molecule has 0 aromatic carbocycles. The summed E-state index contributed by atoms with van der Waals surface area (Å²) in [5, 5.41) is 9.03. The molecule has 0 radical (unpaired) electrons. The summed E-state index contributed by atoms with van der Waals surface area (Å²) in [6.07, 6.45) is 4.89. The van der Waals surface area contributed by atoms with Crippen molar-refractivity contribution in [2.45, 2.75) is 39.5 Å². The van der Waals surface area contributed by atoms with Gasteiger partial charge in [0.2, 0.25) is 0 Å². The number of hydrogen-bond donors (Lipinski definition) is 1. The highest BCUT2D eigenvalue weighted by atomic mass is 16.4. The van der Waals surface area contributed by atoms with Crippen molar-refractivity contribution >= 4 is 11.8 Å². The zero-order chi connectivity index (χ0) is 13.5. The van der Waals surface area contributed by atoms with Gasteiger partial charge < -0.3 is 5.11 Å². The number of carbonyl (C=O) groups is 2. The molecule has 0 heterocycles. The second-order valence-electron chi connectivity index (χ2n) is 6.04. The van der Waals surface area contributed by atoms with Crippen LogP contribution in [0.4, 0.5) is 0 Å². The van der Waals surface area contributed by atoms with Gasteiger partial charge in [-0.15, -0.1) is 0 Å². The molecule has 2 aliphatic rings. The van der Waals surface area contributed by atoms with Gasteiger partial charge in [-0.1, -0.05) is 19.1 Å². The van der Waals surface area contributed by atoms with Crippen molar-refractivity contribution < 1.29 is 14.7 Å². The minimum absolute atomic E-state index is 0.0190. The highest BCUT2D eigenvalue weighted by Gasteiger charge is 2.44. The van der Waals surface area contributed by atoms with E-state index in [-0.39, 0.29) is 17.1 Å². The Balaban J connectivity index is 2.22. The third-order valence-electron chi connectivity index (χ3n) is 4.71. The lowest BCUT2D eigenvalue weighted by atomic mass is 9.57. The van der Waals surface area contributed by atoms with Crippen molar-refractivity contribution in [3.63, 3.8) is 0 Å². The summed E-state index contributed by atoms with van der Waals surface area (Å²) in [5.41, 5.74) is 1.45. The molecule has 3 atom stereocenters. The normalized spacial score (nSPS) is 35.7. The number of rotatable bonds is 2. The first kappa shape index (κ1) is 13.1. The lowest BCUT2D eigenvalue weighted by Crippen LogP contribution is -2.40. The van der Waals surface area contributed by atoms with Gasteiger partial charge in [-0.2, -0.15) is 0 Å². The minimum Gasteiger partial charge on any atom is -0.478 e. The van der Waals surface area contributed by atoms with Crippen molar-refractivity contribution in [2.24, 2.45) is 17.3 Å². The molecule has 3 nitrogen and oxygen atoms in total. The Kier molecular flexibility index (Phi) is 3.18. The van der Waals surface area contributed by atoms with Crippen molar-refractivity contribution in [3.05, 3.63) is 23.8 Å². The van der Waals surface area contributed by atoms with Crippen LogP contribution in [0.15, 0.2) is 23.8 Å². The molecule has 3 heteroatoms. The fourth-order valence-electron chi connectivity index (χ4n) is 3.61. The number of allylic oxidation sites excluding steroid dienone is 2. The van der Waals surface area contributed by atoms with E-state index in [1.54, 1.807) is 6.08 Å². The van der Waals surface area contributed by atoms with E-state index in [1.807, 2.05) is 6.92 Å². The molecule has 1 fully saturated rings. The van der Waals surface area contributed by atoms with Crippen molar-refractivity contribution in [2.75, 3.05) is 0 Å². The van der Waals surface area contributed by atoms with Crippen LogP contribution in [0.1, 0.15) is 39.5 Å². The van der Waals surface area contributed by atoms with E-state index >= 15 is 0 Å². The van der Waals surface area contributed by atoms with Gasteiger partial charge in [-0.3, -0.25) is 4.79 Å². The molecule has 0 aromatic heterocycles. The van der Waals surface area contributed by atoms with Gasteiger partial charge in [0.25, 0.3) is 0 Å². The molecular formula is C15H20O3. The number of carboxylic acids is 1. The van der Waals surface area contributed by atoms with Crippen molar-refractivity contribution in [3.8, 4) is 0 Å². The van der Waals surface area contributed by atoms with E-state index in [0.29, 0.717) is 17.9 Å². The van der Waals surface area contributed by atoms with E-state index < -0.39 is 5.97 Å². The first-order chi connectivity index (χ1) is 8.33. The Morgan fingerprint density at radius 2 is 2.22 bits per heavy atom. The summed E-state index contributed by atoms with van der Waals surface area (Å²) in [7, 11) is 0. The van der Waals surface area contributed by atoms with E-state index in [9.17, 15) is 9.59 Å². The van der Waals surface area contributed by atoms with Crippen LogP contribution in [0, 0.1) is 17.3 Å². The summed E-state index contributed by atoms with van der Waals surface area (Å²) < 4.78 is 0. The van der Waals surface area contributed by atoms with E-state index in [4.69, 9.17) is 5.11 Å². The number of hydrogen-bond acceptors (Lipinski definition) is 2. The number of ketones is 1. The van der Waals surface area contributed by atoms with Gasteiger partial charge in [0.15, 0.2) is 5.78 Å². The summed E-state index contributed by atoms with van der Waals surface area (Å²) in [6.45, 7) is 7.84. The smallest absolute Gasteiger partial charge is 0.331 e. The lowest BCUT2D eigenvalue weighted by molar-refractivity contribution is -0.133. The number of fused-ring (bicyclic) bond motifs is 1. The third-order valence-corrected chi connectivity index (χ3v) is 4.71. The molecule has 0 aliphatic heterocycles. The molecule has 18 heavy (non-hydrogen) atoms. The molecule has 1 saturated carbocycles. The molecule has 98 valence electrons. The molecule has 0 amide bonds. The predicted octanol–water partition coefficient (Wildman–Crippen LogP) is 2.97. The fourth-order valence-corrected chi connectivity index (χ4v) is 3.61. The van der Waals surface area contributed by atoms with Crippen LogP contribution >= 0.6 is 0 Å². The number of aliphatic carboxylic acids is 1. The number of carbonyl (C=O) groups excluding carboxylic acids is 1. The minimum atomic E-state index is -0.892. The van der Waals surface area contributed by atoms with Gasteiger partial charge in [-0.25, -0.2) is 4.79 Å². The van der Waals surface area contributed by atoms with Crippen molar-refractivity contribution in [1.29, 1.82) is 0 Å². The second-order valence-corrected chi connectivity index (χ2v) is 6.04. The molecule has 0 bridgehead atoms. The average Bonchev–Trinajstić information content (AvgIpc) is 2.26. The number of carboxylic acid groups (broad SMARTS) is 1. The van der Waals surface area contributed by atoms with Crippen LogP contribution in [0.2, 0.25) is 0 Å². The first-order valence-electron chi connectivity index (χ1n) is 6.46. The monoisotopic (exact) mass is 248 g/mol. The molecule has 2 rings (SSSR count). The Labute approximate surface area is 108 Å². The largest absolute Gasteiger partial charge is 0.478 e. The molecule has 0 unspecified atom stereocenters. The Morgan fingerprint density at radius 3 is 2.83 bits per heavy atom. The summed E-state index contributed by atoms with van der Waals surface area (Å²) in [4.78, 5) is 22.7. The Hall–Kier alpha value is -1.38. The second kappa shape index (κ2) is 4.38. The molecular weight excluding hydrogens is 228 g/mol. The topological polar surface area (TPSA) is 54.4 Å². The zero-order valence-corrected chi connectivity index (χ0v) is 11.0. The van der Waals surface area contributed by atoms with Gasteiger partial charge in [0.05, 0.1) is 0 Å². The Morgan fingerprint density at radius 1 is 1.56 bits per heavy atom. The van der Waals surface area contributed by atoms with Crippen LogP contribution < -0.4 is 0 Å². The zero-order valence-electron chi connectivity index (χ0n) is 11.0. The van der Waals surface area contributed by atoms with Crippen LogP contribution in [0.3, 0.4) is 0 Å². The van der Waals surface area contributed by atoms with Gasteiger partial charge in [-0.05, 0) is 49.5 Å². The molecule has 0 saturated heterocycles. The van der Waals surface area contributed by atoms with E-state index in [0.717, 1.165) is 24.8 Å². The average molecular weight is 248 g/mol. The third kappa shape index (κ3) is 2.14. The van der Waals surface area contributed by atoms with Crippen LogP contribution in [0.5, 0.6) is 0 Å². The maximum atomic E-state index is 11.7. The van der Waals surface area contributed by atoms with Gasteiger partial charge in [0.1, 0.15) is 0 Å². The maximum absolute atomic E-state index is 11.7. The van der Waals surface area contributed by atoms with E-state index in [1.165, 1.54) is 0 Å². The summed E-state index contributed by atoms with van der Waals surface area (Å²) in [6, 6.07) is 0. The van der Waals surface area contributed by atoms with Gasteiger partial charge >= 0.3 is 5.97 Å². The maximum Gasteiger partial charge on any atom is 0.331 e. The van der Waals surface area contributed by atoms with Crippen LogP contribution in [0.25, 0.3) is 0 Å². The highest BCUT2D eigenvalue weighted by Crippen LogP contribution is 2.52. The summed E-state index contributed by atoms with van der Waals surface area (Å²) >= 11 is 0. The highest BCUT2D eigenvalue weighted by molar-refractivity contribution is 5.92. The molecule has 0 aromatic rings. The summed E-state index contributed by atoms with van der Waals surface area (Å²) in [5.74, 6) is -0.305. The quantitative estimate of drug-likeness (QED) is 0.764. The van der Waals surface area contributed by atoms with Crippen LogP contribution in [-0.4, -0.2) is 16.9 Å². The van der Waals surface area contributed by atoms with Crippen LogP contribution in [-0.2, 0) is 9.59 Å². The molecule has 1 N–H and O–H groups in total. The SMILES string of the molecule is C=C(C(=O)O)[C@@H]1CC[C@@]2(C)CC(=O)C=C(C)[C@@H]2C1. The fraction of sp³-hybridized carbons (Fsp3) is 0.600. The predicted molar refractivity (Wildman–Crippen MR) is 69.1 cm³/mol. The molecule has 0 spiro atoms. The molecule has 2 aliphatic carbocycles. The van der Waals surface area contributed by atoms with Crippen molar-refractivity contribution in [1.82, 2.24) is 0 Å². The van der Waals surface area contributed by atoms with E-state index in [2.05, 4.69) is 13.5 Å². The lowest BCUT2D eigenvalue weighted by Gasteiger charge is -2.47. The van der Waals surface area contributed by atoms with Gasteiger partial charge in [0, 0.05) is 12.0 Å². The standard InChI is InChI=1S/C15H20O3/c1-9-6-12(16)8-15(3)5-4-11(7-13(9)15)10(2)14(17)18/h6,11,13H,2,4-5,7-8H2,1,3H3,(H,17,18)/t11-,13+,15+/m1/s1.